The van der Waals surface area contributed by atoms with Gasteiger partial charge in [-0.1, -0.05) is 30.3 Å². The highest BCUT2D eigenvalue weighted by Crippen LogP contribution is 2.15. The molecule has 0 radical (unpaired) electrons. The number of hydrogen-bond donors (Lipinski definition) is 1. The highest BCUT2D eigenvalue weighted by atomic mass is 19.1. The van der Waals surface area contributed by atoms with Gasteiger partial charge in [0.1, 0.15) is 17.3 Å². The Morgan fingerprint density at radius 1 is 0.931 bits per heavy atom. The summed E-state index contributed by atoms with van der Waals surface area (Å²) in [6, 6.07) is 16.0. The molecule has 148 valence electrons. The number of carbonyl (C=O) groups is 1. The van der Waals surface area contributed by atoms with Crippen LogP contribution in [-0.4, -0.2) is 47.0 Å². The molecule has 0 saturated carbocycles. The maximum atomic E-state index is 13.0. The first kappa shape index (κ1) is 19.0. The van der Waals surface area contributed by atoms with Crippen LogP contribution in [0.1, 0.15) is 16.1 Å². The van der Waals surface area contributed by atoms with E-state index in [9.17, 15) is 9.18 Å². The normalized spacial score (nSPS) is 14.6. The van der Waals surface area contributed by atoms with Gasteiger partial charge in [-0.3, -0.25) is 9.69 Å². The number of rotatable bonds is 5. The Balaban J connectivity index is 1.31. The van der Waals surface area contributed by atoms with Crippen LogP contribution in [0.4, 0.5) is 15.9 Å². The zero-order chi connectivity index (χ0) is 20.1. The van der Waals surface area contributed by atoms with Crippen LogP contribution >= 0.6 is 0 Å². The fourth-order valence-corrected chi connectivity index (χ4v) is 3.31. The van der Waals surface area contributed by atoms with Gasteiger partial charge in [0.05, 0.1) is 12.4 Å². The van der Waals surface area contributed by atoms with Gasteiger partial charge in [-0.25, -0.2) is 14.4 Å². The Morgan fingerprint density at radius 2 is 1.66 bits per heavy atom. The van der Waals surface area contributed by atoms with Gasteiger partial charge < -0.3 is 10.2 Å². The molecule has 0 spiro atoms. The maximum absolute atomic E-state index is 13.0. The van der Waals surface area contributed by atoms with Crippen molar-refractivity contribution in [3.63, 3.8) is 0 Å². The number of halogens is 1. The largest absolute Gasteiger partial charge is 0.353 e. The molecular formula is C22H22FN5O. The lowest BCUT2D eigenvalue weighted by molar-refractivity contribution is 0.102. The summed E-state index contributed by atoms with van der Waals surface area (Å²) >= 11 is 0. The van der Waals surface area contributed by atoms with E-state index in [-0.39, 0.29) is 17.4 Å². The molecular weight excluding hydrogens is 369 g/mol. The van der Waals surface area contributed by atoms with Crippen molar-refractivity contribution in [3.8, 4) is 0 Å². The lowest BCUT2D eigenvalue weighted by Gasteiger charge is -2.35. The number of hydrogen-bond acceptors (Lipinski definition) is 5. The van der Waals surface area contributed by atoms with E-state index in [1.807, 2.05) is 6.07 Å². The van der Waals surface area contributed by atoms with E-state index < -0.39 is 0 Å². The Kier molecular flexibility index (Phi) is 5.76. The van der Waals surface area contributed by atoms with E-state index in [0.29, 0.717) is 5.69 Å². The molecule has 1 aliphatic rings. The predicted octanol–water partition coefficient (Wildman–Crippen LogP) is 3.19. The first-order valence-electron chi connectivity index (χ1n) is 9.57. The molecule has 1 saturated heterocycles. The summed E-state index contributed by atoms with van der Waals surface area (Å²) in [6.07, 6.45) is 3.11. The smallest absolute Gasteiger partial charge is 0.275 e. The average molecular weight is 391 g/mol. The first-order valence-corrected chi connectivity index (χ1v) is 9.57. The predicted molar refractivity (Wildman–Crippen MR) is 110 cm³/mol. The summed E-state index contributed by atoms with van der Waals surface area (Å²) in [7, 11) is 0. The van der Waals surface area contributed by atoms with Crippen LogP contribution in [-0.2, 0) is 6.54 Å². The Labute approximate surface area is 169 Å². The quantitative estimate of drug-likeness (QED) is 0.724. The second-order valence-corrected chi connectivity index (χ2v) is 6.97. The molecule has 2 heterocycles. The standard InChI is InChI=1S/C22H22FN5O/c23-18-6-8-19(9-7-18)26-22(29)20-14-25-21(15-24-20)28-12-10-27(11-13-28)16-17-4-2-1-3-5-17/h1-9,14-15H,10-13,16H2,(H,26,29). The number of amides is 1. The minimum Gasteiger partial charge on any atom is -0.353 e. The molecule has 4 rings (SSSR count). The van der Waals surface area contributed by atoms with Gasteiger partial charge in [-0.15, -0.1) is 0 Å². The highest BCUT2D eigenvalue weighted by Gasteiger charge is 2.19. The van der Waals surface area contributed by atoms with Gasteiger partial charge in [0.15, 0.2) is 0 Å². The third-order valence-electron chi connectivity index (χ3n) is 4.92. The van der Waals surface area contributed by atoms with Gasteiger partial charge >= 0.3 is 0 Å². The van der Waals surface area contributed by atoms with Crippen molar-refractivity contribution in [2.24, 2.45) is 0 Å². The van der Waals surface area contributed by atoms with Crippen LogP contribution in [0.15, 0.2) is 67.0 Å². The second kappa shape index (κ2) is 8.79. The third-order valence-corrected chi connectivity index (χ3v) is 4.92. The monoisotopic (exact) mass is 391 g/mol. The molecule has 29 heavy (non-hydrogen) atoms. The molecule has 6 nitrogen and oxygen atoms in total. The summed E-state index contributed by atoms with van der Waals surface area (Å²) in [5.74, 6) is 0.0436. The summed E-state index contributed by atoms with van der Waals surface area (Å²) in [6.45, 7) is 4.57. The lowest BCUT2D eigenvalue weighted by Crippen LogP contribution is -2.46. The molecule has 0 unspecified atom stereocenters. The van der Waals surface area contributed by atoms with E-state index in [0.717, 1.165) is 38.5 Å². The molecule has 1 aliphatic heterocycles. The molecule has 1 amide bonds. The van der Waals surface area contributed by atoms with Crippen molar-refractivity contribution in [2.75, 3.05) is 36.4 Å². The zero-order valence-electron chi connectivity index (χ0n) is 16.0. The topological polar surface area (TPSA) is 61.4 Å². The van der Waals surface area contributed by atoms with Gasteiger partial charge in [-0.05, 0) is 29.8 Å². The van der Waals surface area contributed by atoms with E-state index in [1.165, 1.54) is 36.0 Å². The van der Waals surface area contributed by atoms with Crippen molar-refractivity contribution in [1.82, 2.24) is 14.9 Å². The van der Waals surface area contributed by atoms with Crippen LogP contribution in [0.3, 0.4) is 0 Å². The zero-order valence-corrected chi connectivity index (χ0v) is 16.0. The minimum atomic E-state index is -0.372. The fraction of sp³-hybridized carbons (Fsp3) is 0.227. The number of piperazine rings is 1. The van der Waals surface area contributed by atoms with Crippen molar-refractivity contribution >= 4 is 17.4 Å². The summed E-state index contributed by atoms with van der Waals surface area (Å²) in [4.78, 5) is 25.5. The summed E-state index contributed by atoms with van der Waals surface area (Å²) in [5, 5.41) is 2.69. The van der Waals surface area contributed by atoms with Crippen LogP contribution in [0.25, 0.3) is 0 Å². The number of anilines is 2. The van der Waals surface area contributed by atoms with Gasteiger partial charge in [0.2, 0.25) is 0 Å². The van der Waals surface area contributed by atoms with Gasteiger partial charge in [-0.2, -0.15) is 0 Å². The molecule has 3 aromatic rings. The second-order valence-electron chi connectivity index (χ2n) is 6.97. The Bertz CT molecular complexity index is 939. The van der Waals surface area contributed by atoms with E-state index in [1.54, 1.807) is 6.20 Å². The SMILES string of the molecule is O=C(Nc1ccc(F)cc1)c1cnc(N2CCN(Cc3ccccc3)CC2)cn1. The lowest BCUT2D eigenvalue weighted by atomic mass is 10.2. The van der Waals surface area contributed by atoms with E-state index in [4.69, 9.17) is 0 Å². The molecule has 1 N–H and O–H groups in total. The van der Waals surface area contributed by atoms with Crippen molar-refractivity contribution in [2.45, 2.75) is 6.54 Å². The van der Waals surface area contributed by atoms with E-state index in [2.05, 4.69) is 49.4 Å². The first-order chi connectivity index (χ1) is 14.2. The molecule has 1 fully saturated rings. The number of nitrogens with one attached hydrogen (secondary N) is 1. The Morgan fingerprint density at radius 3 is 2.31 bits per heavy atom. The molecule has 2 aromatic carbocycles. The van der Waals surface area contributed by atoms with Crippen LogP contribution in [0.5, 0.6) is 0 Å². The molecule has 0 aliphatic carbocycles. The number of carbonyl (C=O) groups excluding carboxylic acids is 1. The summed E-state index contributed by atoms with van der Waals surface area (Å²) in [5.41, 5.74) is 2.05. The number of aromatic nitrogens is 2. The third kappa shape index (κ3) is 4.94. The molecule has 7 heteroatoms. The van der Waals surface area contributed by atoms with Gasteiger partial charge in [0.25, 0.3) is 5.91 Å². The van der Waals surface area contributed by atoms with Crippen molar-refractivity contribution in [3.05, 3.63) is 84.1 Å². The number of nitrogens with zero attached hydrogens (tertiary/aromatic N) is 4. The average Bonchev–Trinajstić information content (AvgIpc) is 2.77. The van der Waals surface area contributed by atoms with Crippen LogP contribution in [0, 0.1) is 5.82 Å². The van der Waals surface area contributed by atoms with Crippen LogP contribution < -0.4 is 10.2 Å². The molecule has 1 aromatic heterocycles. The minimum absolute atomic E-state index is 0.223. The molecule has 0 atom stereocenters. The van der Waals surface area contributed by atoms with Crippen molar-refractivity contribution in [1.29, 1.82) is 0 Å². The highest BCUT2D eigenvalue weighted by molar-refractivity contribution is 6.02. The fourth-order valence-electron chi connectivity index (χ4n) is 3.31. The molecule has 0 bridgehead atoms. The van der Waals surface area contributed by atoms with Crippen molar-refractivity contribution < 1.29 is 9.18 Å². The summed E-state index contributed by atoms with van der Waals surface area (Å²) < 4.78 is 13.0. The number of benzene rings is 2. The Hall–Kier alpha value is -3.32. The van der Waals surface area contributed by atoms with Gasteiger partial charge in [0, 0.05) is 38.4 Å². The van der Waals surface area contributed by atoms with E-state index >= 15 is 0 Å². The van der Waals surface area contributed by atoms with Crippen LogP contribution in [0.2, 0.25) is 0 Å². The maximum Gasteiger partial charge on any atom is 0.275 e.